The first-order valence-corrected chi connectivity index (χ1v) is 6.27. The Bertz CT molecular complexity index is 499. The van der Waals surface area contributed by atoms with E-state index in [4.69, 9.17) is 5.14 Å². The Labute approximate surface area is 102 Å². The summed E-state index contributed by atoms with van der Waals surface area (Å²) in [7, 11) is -3.87. The number of benzene rings is 1. The van der Waals surface area contributed by atoms with Gasteiger partial charge in [0.1, 0.15) is 5.75 Å². The molecule has 102 valence electrons. The number of hydrogen-bond donors (Lipinski definition) is 2. The Morgan fingerprint density at radius 3 is 2.17 bits per heavy atom. The van der Waals surface area contributed by atoms with Gasteiger partial charge >= 0.3 is 6.36 Å². The van der Waals surface area contributed by atoms with Crippen molar-refractivity contribution in [3.63, 3.8) is 0 Å². The molecule has 0 heterocycles. The van der Waals surface area contributed by atoms with Gasteiger partial charge in [-0.1, -0.05) is 12.1 Å². The van der Waals surface area contributed by atoms with Crippen molar-refractivity contribution in [3.05, 3.63) is 29.8 Å². The summed E-state index contributed by atoms with van der Waals surface area (Å²) >= 11 is 0. The Morgan fingerprint density at radius 1 is 1.28 bits per heavy atom. The van der Waals surface area contributed by atoms with Gasteiger partial charge in [-0.15, -0.1) is 13.2 Å². The smallest absolute Gasteiger partial charge is 0.406 e. The van der Waals surface area contributed by atoms with E-state index in [-0.39, 0.29) is 5.75 Å². The van der Waals surface area contributed by atoms with Crippen LogP contribution in [0.25, 0.3) is 0 Å². The third kappa shape index (κ3) is 5.34. The van der Waals surface area contributed by atoms with Gasteiger partial charge in [-0.25, -0.2) is 5.14 Å². The van der Waals surface area contributed by atoms with E-state index in [1.54, 1.807) is 0 Å². The zero-order chi connectivity index (χ0) is 14.0. The van der Waals surface area contributed by atoms with Crippen LogP contribution in [0.3, 0.4) is 0 Å². The summed E-state index contributed by atoms with van der Waals surface area (Å²) in [5, 5.41) is 4.77. The minimum Gasteiger partial charge on any atom is -0.406 e. The maximum atomic E-state index is 11.9. The molecule has 0 spiro atoms. The highest BCUT2D eigenvalue weighted by atomic mass is 32.2. The number of ether oxygens (including phenoxy) is 1. The molecule has 0 unspecified atom stereocenters. The van der Waals surface area contributed by atoms with Gasteiger partial charge in [-0.3, -0.25) is 0 Å². The molecule has 0 aliphatic heterocycles. The lowest BCUT2D eigenvalue weighted by atomic mass is 10.1. The molecular formula is C9H11F3N2O3S. The second-order valence-corrected chi connectivity index (χ2v) is 4.83. The lowest BCUT2D eigenvalue weighted by molar-refractivity contribution is -0.274. The number of nitrogens with one attached hydrogen (secondary N) is 1. The normalized spacial score (nSPS) is 14.3. The van der Waals surface area contributed by atoms with Crippen LogP contribution in [-0.4, -0.2) is 14.8 Å². The molecule has 0 radical (unpaired) electrons. The number of alkyl halides is 3. The van der Waals surface area contributed by atoms with E-state index in [1.165, 1.54) is 19.1 Å². The monoisotopic (exact) mass is 284 g/mol. The minimum atomic E-state index is -4.76. The maximum Gasteiger partial charge on any atom is 0.573 e. The zero-order valence-corrected chi connectivity index (χ0v) is 10.0. The Morgan fingerprint density at radius 2 is 1.78 bits per heavy atom. The lowest BCUT2D eigenvalue weighted by Crippen LogP contribution is -2.32. The fourth-order valence-corrected chi connectivity index (χ4v) is 1.90. The first kappa shape index (κ1) is 14.7. The second-order valence-electron chi connectivity index (χ2n) is 3.50. The molecule has 0 fully saturated rings. The third-order valence-electron chi connectivity index (χ3n) is 1.95. The van der Waals surface area contributed by atoms with Gasteiger partial charge in [0.05, 0.1) is 0 Å². The summed E-state index contributed by atoms with van der Waals surface area (Å²) in [6.45, 7) is 1.50. The molecular weight excluding hydrogens is 273 g/mol. The molecule has 0 aliphatic rings. The number of hydrogen-bond acceptors (Lipinski definition) is 3. The Kier molecular flexibility index (Phi) is 4.20. The summed E-state index contributed by atoms with van der Waals surface area (Å²) in [5.41, 5.74) is 0.457. The topological polar surface area (TPSA) is 81.4 Å². The van der Waals surface area contributed by atoms with E-state index < -0.39 is 22.6 Å². The quantitative estimate of drug-likeness (QED) is 0.877. The molecule has 3 N–H and O–H groups in total. The predicted octanol–water partition coefficient (Wildman–Crippen LogP) is 1.44. The van der Waals surface area contributed by atoms with Crippen LogP contribution >= 0.6 is 0 Å². The minimum absolute atomic E-state index is 0.381. The average Bonchev–Trinajstić information content (AvgIpc) is 2.13. The summed E-state index contributed by atoms with van der Waals surface area (Å²) in [4.78, 5) is 0. The van der Waals surface area contributed by atoms with Crippen LogP contribution in [0, 0.1) is 0 Å². The van der Waals surface area contributed by atoms with Gasteiger partial charge in [0.2, 0.25) is 0 Å². The van der Waals surface area contributed by atoms with Gasteiger partial charge in [-0.05, 0) is 24.6 Å². The Hall–Kier alpha value is -1.32. The van der Waals surface area contributed by atoms with E-state index in [2.05, 4.69) is 9.46 Å². The van der Waals surface area contributed by atoms with Crippen LogP contribution < -0.4 is 14.6 Å². The standard InChI is InChI=1S/C9H11F3N2O3S/c1-6(14-18(13,15)16)7-2-4-8(5-3-7)17-9(10,11)12/h2-6,14H,1H3,(H2,13,15,16)/t6-/m0/s1. The Balaban J connectivity index is 2.77. The molecule has 1 aromatic carbocycles. The summed E-state index contributed by atoms with van der Waals surface area (Å²) in [5.74, 6) is -0.381. The molecule has 0 aromatic heterocycles. The van der Waals surface area contributed by atoms with Crippen LogP contribution in [0.5, 0.6) is 5.75 Å². The van der Waals surface area contributed by atoms with Gasteiger partial charge < -0.3 is 4.74 Å². The molecule has 0 bridgehead atoms. The van der Waals surface area contributed by atoms with Crippen molar-refractivity contribution in [2.75, 3.05) is 0 Å². The van der Waals surface area contributed by atoms with Crippen LogP contribution in [0.1, 0.15) is 18.5 Å². The molecule has 1 rings (SSSR count). The second kappa shape index (κ2) is 5.12. The van der Waals surface area contributed by atoms with E-state index in [0.717, 1.165) is 12.1 Å². The summed E-state index contributed by atoms with van der Waals surface area (Å²) < 4.78 is 63.0. The summed E-state index contributed by atoms with van der Waals surface area (Å²) in [6.07, 6.45) is -4.76. The van der Waals surface area contributed by atoms with Crippen molar-refractivity contribution in [1.82, 2.24) is 4.72 Å². The van der Waals surface area contributed by atoms with Crippen molar-refractivity contribution < 1.29 is 26.3 Å². The van der Waals surface area contributed by atoms with Crippen molar-refractivity contribution in [3.8, 4) is 5.75 Å². The van der Waals surface area contributed by atoms with Crippen molar-refractivity contribution >= 4 is 10.2 Å². The van der Waals surface area contributed by atoms with Gasteiger partial charge in [0, 0.05) is 6.04 Å². The fraction of sp³-hybridized carbons (Fsp3) is 0.333. The van der Waals surface area contributed by atoms with Crippen molar-refractivity contribution in [2.24, 2.45) is 5.14 Å². The molecule has 9 heteroatoms. The largest absolute Gasteiger partial charge is 0.573 e. The molecule has 0 amide bonds. The summed E-state index contributed by atoms with van der Waals surface area (Å²) in [6, 6.07) is 4.14. The molecule has 0 saturated carbocycles. The predicted molar refractivity (Wildman–Crippen MR) is 57.8 cm³/mol. The van der Waals surface area contributed by atoms with Gasteiger partial charge in [0.15, 0.2) is 0 Å². The van der Waals surface area contributed by atoms with Crippen LogP contribution in [-0.2, 0) is 10.2 Å². The fourth-order valence-electron chi connectivity index (χ4n) is 1.27. The number of halogens is 3. The highest BCUT2D eigenvalue weighted by molar-refractivity contribution is 7.87. The van der Waals surface area contributed by atoms with Crippen LogP contribution in [0.2, 0.25) is 0 Å². The van der Waals surface area contributed by atoms with Crippen molar-refractivity contribution in [2.45, 2.75) is 19.3 Å². The van der Waals surface area contributed by atoms with E-state index in [9.17, 15) is 21.6 Å². The molecule has 0 aliphatic carbocycles. The first-order chi connectivity index (χ1) is 8.07. The van der Waals surface area contributed by atoms with Crippen LogP contribution in [0.4, 0.5) is 13.2 Å². The van der Waals surface area contributed by atoms with E-state index in [0.29, 0.717) is 5.56 Å². The van der Waals surface area contributed by atoms with Gasteiger partial charge in [0.25, 0.3) is 10.2 Å². The third-order valence-corrected chi connectivity index (χ3v) is 2.64. The molecule has 0 saturated heterocycles. The maximum absolute atomic E-state index is 11.9. The first-order valence-electron chi connectivity index (χ1n) is 4.72. The number of rotatable bonds is 4. The highest BCUT2D eigenvalue weighted by Gasteiger charge is 2.31. The lowest BCUT2D eigenvalue weighted by Gasteiger charge is -2.13. The highest BCUT2D eigenvalue weighted by Crippen LogP contribution is 2.24. The van der Waals surface area contributed by atoms with E-state index in [1.807, 2.05) is 0 Å². The van der Waals surface area contributed by atoms with Gasteiger partial charge in [-0.2, -0.15) is 13.1 Å². The molecule has 1 atom stereocenters. The number of nitrogens with two attached hydrogens (primary N) is 1. The van der Waals surface area contributed by atoms with E-state index >= 15 is 0 Å². The average molecular weight is 284 g/mol. The molecule has 5 nitrogen and oxygen atoms in total. The SMILES string of the molecule is C[C@H](NS(N)(=O)=O)c1ccc(OC(F)(F)F)cc1. The molecule has 1 aromatic rings. The zero-order valence-electron chi connectivity index (χ0n) is 9.23. The molecule has 18 heavy (non-hydrogen) atoms. The van der Waals surface area contributed by atoms with Crippen molar-refractivity contribution in [1.29, 1.82) is 0 Å². The van der Waals surface area contributed by atoms with Crippen LogP contribution in [0.15, 0.2) is 24.3 Å².